The maximum atomic E-state index is 6.21. The van der Waals surface area contributed by atoms with Gasteiger partial charge in [-0.05, 0) is 43.5 Å². The van der Waals surface area contributed by atoms with E-state index in [1.54, 1.807) is 0 Å². The Morgan fingerprint density at radius 3 is 2.39 bits per heavy atom. The summed E-state index contributed by atoms with van der Waals surface area (Å²) in [6.45, 7) is 8.47. The highest BCUT2D eigenvalue weighted by atomic mass is 35.5. The molecule has 0 saturated heterocycles. The standard InChI is InChI=1S/C15H22ClNO/c1-5-15(4)12(17)8-13(15)18-14-9(2)6-11(16)7-10(14)3/h6-7,12-13H,5,8,17H2,1-4H3. The maximum Gasteiger partial charge on any atom is 0.125 e. The molecule has 1 saturated carbocycles. The lowest BCUT2D eigenvalue weighted by Crippen LogP contribution is -2.61. The Bertz CT molecular complexity index is 437. The molecule has 1 fully saturated rings. The number of benzene rings is 1. The summed E-state index contributed by atoms with van der Waals surface area (Å²) in [6.07, 6.45) is 2.20. The van der Waals surface area contributed by atoms with Crippen LogP contribution in [0.1, 0.15) is 37.8 Å². The summed E-state index contributed by atoms with van der Waals surface area (Å²) in [5, 5.41) is 0.765. The number of halogens is 1. The molecule has 0 aromatic heterocycles. The van der Waals surface area contributed by atoms with Crippen molar-refractivity contribution in [2.75, 3.05) is 0 Å². The average Bonchev–Trinajstić information content (AvgIpc) is 2.30. The van der Waals surface area contributed by atoms with Gasteiger partial charge in [0.1, 0.15) is 11.9 Å². The van der Waals surface area contributed by atoms with Gasteiger partial charge in [0.05, 0.1) is 0 Å². The van der Waals surface area contributed by atoms with Crippen molar-refractivity contribution in [2.24, 2.45) is 11.1 Å². The highest BCUT2D eigenvalue weighted by Gasteiger charge is 2.50. The fraction of sp³-hybridized carbons (Fsp3) is 0.600. The lowest BCUT2D eigenvalue weighted by Gasteiger charge is -2.51. The minimum Gasteiger partial charge on any atom is -0.489 e. The van der Waals surface area contributed by atoms with Crippen molar-refractivity contribution in [2.45, 2.75) is 52.7 Å². The second-order valence-corrected chi connectivity index (χ2v) is 6.11. The second-order valence-electron chi connectivity index (χ2n) is 5.68. The van der Waals surface area contributed by atoms with Crippen LogP contribution in [0, 0.1) is 19.3 Å². The topological polar surface area (TPSA) is 35.2 Å². The number of aryl methyl sites for hydroxylation is 2. The molecule has 2 rings (SSSR count). The van der Waals surface area contributed by atoms with Crippen molar-refractivity contribution in [3.63, 3.8) is 0 Å². The molecule has 18 heavy (non-hydrogen) atoms. The van der Waals surface area contributed by atoms with Gasteiger partial charge in [0.2, 0.25) is 0 Å². The van der Waals surface area contributed by atoms with Crippen molar-refractivity contribution in [3.05, 3.63) is 28.3 Å². The molecule has 2 nitrogen and oxygen atoms in total. The zero-order valence-corrected chi connectivity index (χ0v) is 12.3. The van der Waals surface area contributed by atoms with Crippen LogP contribution in [-0.2, 0) is 0 Å². The predicted octanol–water partition coefficient (Wildman–Crippen LogP) is 3.85. The molecule has 3 heteroatoms. The monoisotopic (exact) mass is 267 g/mol. The van der Waals surface area contributed by atoms with E-state index in [2.05, 4.69) is 13.8 Å². The van der Waals surface area contributed by atoms with Gasteiger partial charge >= 0.3 is 0 Å². The van der Waals surface area contributed by atoms with Gasteiger partial charge in [-0.3, -0.25) is 0 Å². The maximum absolute atomic E-state index is 6.21. The van der Waals surface area contributed by atoms with E-state index in [1.165, 1.54) is 0 Å². The molecule has 0 bridgehead atoms. The van der Waals surface area contributed by atoms with Gasteiger partial charge in [0, 0.05) is 22.9 Å². The van der Waals surface area contributed by atoms with Crippen LogP contribution >= 0.6 is 11.6 Å². The molecule has 0 aliphatic heterocycles. The molecule has 3 atom stereocenters. The molecule has 1 aromatic rings. The smallest absolute Gasteiger partial charge is 0.125 e. The summed E-state index contributed by atoms with van der Waals surface area (Å²) >= 11 is 6.04. The van der Waals surface area contributed by atoms with Gasteiger partial charge in [0.15, 0.2) is 0 Å². The van der Waals surface area contributed by atoms with E-state index < -0.39 is 0 Å². The first kappa shape index (κ1) is 13.7. The Kier molecular flexibility index (Phi) is 3.61. The molecule has 1 aliphatic rings. The molecular weight excluding hydrogens is 246 g/mol. The quantitative estimate of drug-likeness (QED) is 0.903. The van der Waals surface area contributed by atoms with Crippen molar-refractivity contribution in [1.82, 2.24) is 0 Å². The first-order valence-corrected chi connectivity index (χ1v) is 6.95. The summed E-state index contributed by atoms with van der Waals surface area (Å²) in [5.74, 6) is 0.968. The number of ether oxygens (including phenoxy) is 1. The number of rotatable bonds is 3. The third kappa shape index (κ3) is 2.12. The third-order valence-electron chi connectivity index (χ3n) is 4.50. The molecule has 0 amide bonds. The summed E-state index contributed by atoms with van der Waals surface area (Å²) in [5.41, 5.74) is 8.40. The molecule has 100 valence electrons. The lowest BCUT2D eigenvalue weighted by molar-refractivity contribution is -0.0566. The second kappa shape index (κ2) is 4.75. The van der Waals surface area contributed by atoms with Gasteiger partial charge in [-0.2, -0.15) is 0 Å². The zero-order chi connectivity index (χ0) is 13.5. The Morgan fingerprint density at radius 1 is 1.39 bits per heavy atom. The summed E-state index contributed by atoms with van der Waals surface area (Å²) in [4.78, 5) is 0. The van der Waals surface area contributed by atoms with E-state index in [-0.39, 0.29) is 17.6 Å². The molecule has 3 unspecified atom stereocenters. The van der Waals surface area contributed by atoms with E-state index in [0.29, 0.717) is 0 Å². The SMILES string of the molecule is CCC1(C)C(N)CC1Oc1c(C)cc(Cl)cc1C. The first-order chi connectivity index (χ1) is 8.38. The largest absolute Gasteiger partial charge is 0.489 e. The molecule has 0 spiro atoms. The normalized spacial score (nSPS) is 31.0. The number of nitrogens with two attached hydrogens (primary N) is 1. The van der Waals surface area contributed by atoms with E-state index in [0.717, 1.165) is 34.7 Å². The number of hydrogen-bond donors (Lipinski definition) is 1. The van der Waals surface area contributed by atoms with Gasteiger partial charge in [0.25, 0.3) is 0 Å². The van der Waals surface area contributed by atoms with Crippen LogP contribution in [0.4, 0.5) is 0 Å². The molecule has 2 N–H and O–H groups in total. The Labute approximate surface area is 114 Å². The zero-order valence-electron chi connectivity index (χ0n) is 11.6. The molecule has 1 aromatic carbocycles. The summed E-state index contributed by atoms with van der Waals surface area (Å²) < 4.78 is 6.21. The molecule has 0 radical (unpaired) electrons. The lowest BCUT2D eigenvalue weighted by atomic mass is 9.62. The van der Waals surface area contributed by atoms with Gasteiger partial charge < -0.3 is 10.5 Å². The van der Waals surface area contributed by atoms with Crippen molar-refractivity contribution in [1.29, 1.82) is 0 Å². The molecule has 1 aliphatic carbocycles. The van der Waals surface area contributed by atoms with Gasteiger partial charge in [-0.1, -0.05) is 25.4 Å². The van der Waals surface area contributed by atoms with Crippen LogP contribution in [0.5, 0.6) is 5.75 Å². The van der Waals surface area contributed by atoms with E-state index in [1.807, 2.05) is 26.0 Å². The molecular formula is C15H22ClNO. The fourth-order valence-electron chi connectivity index (χ4n) is 2.75. The Morgan fingerprint density at radius 2 is 1.94 bits per heavy atom. The van der Waals surface area contributed by atoms with Crippen LogP contribution in [0.25, 0.3) is 0 Å². The van der Waals surface area contributed by atoms with Gasteiger partial charge in [-0.15, -0.1) is 0 Å². The fourth-order valence-corrected chi connectivity index (χ4v) is 3.07. The summed E-state index contributed by atoms with van der Waals surface area (Å²) in [7, 11) is 0. The third-order valence-corrected chi connectivity index (χ3v) is 4.72. The van der Waals surface area contributed by atoms with Crippen LogP contribution < -0.4 is 10.5 Å². The minimum atomic E-state index is 0.0958. The number of hydrogen-bond acceptors (Lipinski definition) is 2. The van der Waals surface area contributed by atoms with E-state index in [4.69, 9.17) is 22.1 Å². The van der Waals surface area contributed by atoms with Crippen molar-refractivity contribution >= 4 is 11.6 Å². The summed E-state index contributed by atoms with van der Waals surface area (Å²) in [6, 6.07) is 4.15. The highest BCUT2D eigenvalue weighted by molar-refractivity contribution is 6.30. The van der Waals surface area contributed by atoms with E-state index in [9.17, 15) is 0 Å². The van der Waals surface area contributed by atoms with Crippen molar-refractivity contribution in [3.8, 4) is 5.75 Å². The minimum absolute atomic E-state index is 0.0958. The average molecular weight is 268 g/mol. The molecule has 0 heterocycles. The first-order valence-electron chi connectivity index (χ1n) is 6.57. The van der Waals surface area contributed by atoms with Crippen LogP contribution in [0.3, 0.4) is 0 Å². The highest BCUT2D eigenvalue weighted by Crippen LogP contribution is 2.45. The predicted molar refractivity (Wildman–Crippen MR) is 76.3 cm³/mol. The van der Waals surface area contributed by atoms with Crippen LogP contribution in [0.15, 0.2) is 12.1 Å². The Balaban J connectivity index is 2.21. The van der Waals surface area contributed by atoms with E-state index >= 15 is 0 Å². The van der Waals surface area contributed by atoms with Gasteiger partial charge in [-0.25, -0.2) is 0 Å². The Hall–Kier alpha value is -0.730. The van der Waals surface area contributed by atoms with Crippen molar-refractivity contribution < 1.29 is 4.74 Å². The van der Waals surface area contributed by atoms with Crippen LogP contribution in [-0.4, -0.2) is 12.1 Å². The van der Waals surface area contributed by atoms with Crippen LogP contribution in [0.2, 0.25) is 5.02 Å².